The first-order valence-electron chi connectivity index (χ1n) is 7.96. The third-order valence-electron chi connectivity index (χ3n) is 4.74. The van der Waals surface area contributed by atoms with Crippen LogP contribution in [0.25, 0.3) is 0 Å². The Morgan fingerprint density at radius 1 is 1.39 bits per heavy atom. The Morgan fingerprint density at radius 3 is 3.09 bits per heavy atom. The summed E-state index contributed by atoms with van der Waals surface area (Å²) in [6, 6.07) is 8.92. The third-order valence-corrected chi connectivity index (χ3v) is 4.74. The second kappa shape index (κ2) is 5.37. The molecule has 2 aromatic rings. The SMILES string of the molecule is CN(Cc1cccc(F)c1)c1cc2n(c(=O)n1)C[C@@H]1CCCN21. The summed E-state index contributed by atoms with van der Waals surface area (Å²) in [5.74, 6) is 1.35. The van der Waals surface area contributed by atoms with Crippen molar-refractivity contribution in [2.75, 3.05) is 23.4 Å². The molecule has 23 heavy (non-hydrogen) atoms. The van der Waals surface area contributed by atoms with Gasteiger partial charge in [0.2, 0.25) is 0 Å². The molecule has 0 unspecified atom stereocenters. The van der Waals surface area contributed by atoms with Crippen LogP contribution in [0, 0.1) is 5.82 Å². The molecule has 4 rings (SSSR count). The molecule has 1 fully saturated rings. The van der Waals surface area contributed by atoms with Gasteiger partial charge >= 0.3 is 5.69 Å². The van der Waals surface area contributed by atoms with E-state index in [9.17, 15) is 9.18 Å². The molecular weight excluding hydrogens is 295 g/mol. The molecule has 2 aliphatic rings. The highest BCUT2D eigenvalue weighted by atomic mass is 19.1. The fourth-order valence-corrected chi connectivity index (χ4v) is 3.62. The molecule has 120 valence electrons. The van der Waals surface area contributed by atoms with Gasteiger partial charge in [-0.25, -0.2) is 9.18 Å². The number of hydrogen-bond donors (Lipinski definition) is 0. The minimum Gasteiger partial charge on any atom is -0.355 e. The molecule has 1 saturated heterocycles. The standard InChI is InChI=1S/C17H19FN4O/c1-20(10-12-4-2-5-13(18)8-12)15-9-16-21-7-3-6-14(21)11-22(16)17(23)19-15/h2,4-5,8-9,14H,3,6-7,10-11H2,1H3/t14-/m0/s1. The lowest BCUT2D eigenvalue weighted by Gasteiger charge is -2.21. The van der Waals surface area contributed by atoms with Crippen molar-refractivity contribution in [3.05, 3.63) is 52.2 Å². The molecule has 1 atom stereocenters. The van der Waals surface area contributed by atoms with Gasteiger partial charge in [-0.1, -0.05) is 12.1 Å². The van der Waals surface area contributed by atoms with Gasteiger partial charge in [0.05, 0.1) is 0 Å². The van der Waals surface area contributed by atoms with Crippen LogP contribution in [0.4, 0.5) is 16.0 Å². The predicted octanol–water partition coefficient (Wildman–Crippen LogP) is 2.00. The van der Waals surface area contributed by atoms with Crippen molar-refractivity contribution < 1.29 is 4.39 Å². The molecular formula is C17H19FN4O. The minimum atomic E-state index is -0.252. The summed E-state index contributed by atoms with van der Waals surface area (Å²) in [7, 11) is 1.88. The maximum Gasteiger partial charge on any atom is 0.351 e. The van der Waals surface area contributed by atoms with Gasteiger partial charge in [0.1, 0.15) is 17.5 Å². The molecule has 0 aliphatic carbocycles. The number of benzene rings is 1. The fraction of sp³-hybridized carbons (Fsp3) is 0.412. The van der Waals surface area contributed by atoms with E-state index >= 15 is 0 Å². The molecule has 0 spiro atoms. The summed E-state index contributed by atoms with van der Waals surface area (Å²) in [5.41, 5.74) is 0.659. The van der Waals surface area contributed by atoms with Gasteiger partial charge < -0.3 is 9.80 Å². The summed E-state index contributed by atoms with van der Waals surface area (Å²) in [5, 5.41) is 0. The average molecular weight is 314 g/mol. The first kappa shape index (κ1) is 14.2. The van der Waals surface area contributed by atoms with Crippen LogP contribution in [-0.2, 0) is 13.1 Å². The number of hydrogen-bond acceptors (Lipinski definition) is 4. The van der Waals surface area contributed by atoms with E-state index in [1.165, 1.54) is 18.6 Å². The Labute approximate surface area is 134 Å². The van der Waals surface area contributed by atoms with Crippen LogP contribution >= 0.6 is 0 Å². The molecule has 0 radical (unpaired) electrons. The zero-order valence-corrected chi connectivity index (χ0v) is 13.1. The summed E-state index contributed by atoms with van der Waals surface area (Å²) < 4.78 is 15.1. The monoisotopic (exact) mass is 314 g/mol. The van der Waals surface area contributed by atoms with Crippen molar-refractivity contribution in [1.82, 2.24) is 9.55 Å². The molecule has 2 aliphatic heterocycles. The van der Waals surface area contributed by atoms with Crippen LogP contribution < -0.4 is 15.5 Å². The summed E-state index contributed by atoms with van der Waals surface area (Å²) in [6.07, 6.45) is 2.31. The first-order chi connectivity index (χ1) is 11.1. The number of rotatable bonds is 3. The van der Waals surface area contributed by atoms with Crippen LogP contribution in [0.3, 0.4) is 0 Å². The Kier molecular flexibility index (Phi) is 3.32. The number of fused-ring (bicyclic) bond motifs is 3. The quantitative estimate of drug-likeness (QED) is 0.869. The van der Waals surface area contributed by atoms with Crippen LogP contribution in [0.2, 0.25) is 0 Å². The predicted molar refractivity (Wildman–Crippen MR) is 87.4 cm³/mol. The van der Waals surface area contributed by atoms with Gasteiger partial charge in [-0.05, 0) is 30.5 Å². The topological polar surface area (TPSA) is 41.4 Å². The summed E-state index contributed by atoms with van der Waals surface area (Å²) in [6.45, 7) is 2.26. The average Bonchev–Trinajstić information content (AvgIpc) is 3.09. The maximum atomic E-state index is 13.3. The van der Waals surface area contributed by atoms with Gasteiger partial charge in [-0.2, -0.15) is 4.98 Å². The van der Waals surface area contributed by atoms with E-state index < -0.39 is 0 Å². The fourth-order valence-electron chi connectivity index (χ4n) is 3.62. The van der Waals surface area contributed by atoms with Gasteiger partial charge in [0.15, 0.2) is 0 Å². The molecule has 1 aromatic carbocycles. The van der Waals surface area contributed by atoms with Crippen molar-refractivity contribution in [1.29, 1.82) is 0 Å². The van der Waals surface area contributed by atoms with E-state index in [0.717, 1.165) is 30.9 Å². The molecule has 6 heteroatoms. The largest absolute Gasteiger partial charge is 0.355 e. The van der Waals surface area contributed by atoms with E-state index in [0.29, 0.717) is 18.4 Å². The zero-order valence-electron chi connectivity index (χ0n) is 13.1. The maximum absolute atomic E-state index is 13.3. The summed E-state index contributed by atoms with van der Waals surface area (Å²) >= 11 is 0. The summed E-state index contributed by atoms with van der Waals surface area (Å²) in [4.78, 5) is 20.7. The van der Waals surface area contributed by atoms with E-state index in [1.54, 1.807) is 10.6 Å². The lowest BCUT2D eigenvalue weighted by molar-refractivity contribution is 0.603. The van der Waals surface area contributed by atoms with Crippen molar-refractivity contribution in [2.24, 2.45) is 0 Å². The molecule has 0 bridgehead atoms. The lowest BCUT2D eigenvalue weighted by Crippen LogP contribution is -2.27. The molecule has 1 aromatic heterocycles. The molecule has 5 nitrogen and oxygen atoms in total. The number of aromatic nitrogens is 2. The van der Waals surface area contributed by atoms with Crippen LogP contribution in [-0.4, -0.2) is 29.2 Å². The smallest absolute Gasteiger partial charge is 0.351 e. The zero-order chi connectivity index (χ0) is 16.0. The highest BCUT2D eigenvalue weighted by Crippen LogP contribution is 2.33. The van der Waals surface area contributed by atoms with Crippen molar-refractivity contribution in [3.63, 3.8) is 0 Å². The highest BCUT2D eigenvalue weighted by molar-refractivity contribution is 5.54. The van der Waals surface area contributed by atoms with Crippen molar-refractivity contribution in [2.45, 2.75) is 32.0 Å². The van der Waals surface area contributed by atoms with Crippen LogP contribution in [0.1, 0.15) is 18.4 Å². The molecule has 0 saturated carbocycles. The molecule has 0 N–H and O–H groups in total. The van der Waals surface area contributed by atoms with Gasteiger partial charge in [0, 0.05) is 38.8 Å². The first-order valence-corrected chi connectivity index (χ1v) is 7.96. The van der Waals surface area contributed by atoms with Gasteiger partial charge in [-0.15, -0.1) is 0 Å². The molecule has 3 heterocycles. The number of nitrogens with zero attached hydrogens (tertiary/aromatic N) is 4. The molecule has 0 amide bonds. The van der Waals surface area contributed by atoms with E-state index in [4.69, 9.17) is 0 Å². The second-order valence-electron chi connectivity index (χ2n) is 6.34. The van der Waals surface area contributed by atoms with Crippen molar-refractivity contribution in [3.8, 4) is 0 Å². The van der Waals surface area contributed by atoms with Crippen molar-refractivity contribution >= 4 is 11.6 Å². The van der Waals surface area contributed by atoms with Gasteiger partial charge in [0.25, 0.3) is 0 Å². The Morgan fingerprint density at radius 2 is 2.26 bits per heavy atom. The lowest BCUT2D eigenvalue weighted by atomic mass is 10.2. The van der Waals surface area contributed by atoms with Crippen LogP contribution in [0.15, 0.2) is 35.1 Å². The number of halogens is 1. The highest BCUT2D eigenvalue weighted by Gasteiger charge is 2.34. The Hall–Kier alpha value is -2.37. The van der Waals surface area contributed by atoms with E-state index in [-0.39, 0.29) is 11.5 Å². The van der Waals surface area contributed by atoms with E-state index in [1.807, 2.05) is 24.1 Å². The van der Waals surface area contributed by atoms with E-state index in [2.05, 4.69) is 9.88 Å². The second-order valence-corrected chi connectivity index (χ2v) is 6.34. The Balaban J connectivity index is 1.63. The number of anilines is 2. The normalized spacial score (nSPS) is 18.9. The third kappa shape index (κ3) is 2.48. The Bertz CT molecular complexity index is 803. The van der Waals surface area contributed by atoms with Crippen LogP contribution in [0.5, 0.6) is 0 Å². The minimum absolute atomic E-state index is 0.196. The van der Waals surface area contributed by atoms with Gasteiger partial charge in [-0.3, -0.25) is 4.57 Å².